The third kappa shape index (κ3) is 1.01. The molecule has 2 rings (SSSR count). The highest BCUT2D eigenvalue weighted by molar-refractivity contribution is 5.59. The third-order valence-corrected chi connectivity index (χ3v) is 2.83. The van der Waals surface area contributed by atoms with Gasteiger partial charge in [-0.2, -0.15) is 0 Å². The summed E-state index contributed by atoms with van der Waals surface area (Å²) in [4.78, 5) is 0. The summed E-state index contributed by atoms with van der Waals surface area (Å²) in [5, 5.41) is 3.47. The minimum absolute atomic E-state index is 0.585. The first kappa shape index (κ1) is 7.66. The van der Waals surface area contributed by atoms with Crippen LogP contribution in [0.1, 0.15) is 30.9 Å². The van der Waals surface area contributed by atoms with Crippen molar-refractivity contribution in [3.05, 3.63) is 29.3 Å². The molecule has 0 radical (unpaired) electrons. The van der Waals surface area contributed by atoms with Crippen LogP contribution >= 0.6 is 0 Å². The minimum Gasteiger partial charge on any atom is -0.382 e. The molecule has 0 bridgehead atoms. The number of nitrogens with one attached hydrogen (secondary N) is 1. The van der Waals surface area contributed by atoms with Crippen molar-refractivity contribution in [3.63, 3.8) is 0 Å². The van der Waals surface area contributed by atoms with E-state index >= 15 is 0 Å². The highest BCUT2D eigenvalue weighted by Crippen LogP contribution is 2.35. The molecule has 1 aromatic carbocycles. The van der Waals surface area contributed by atoms with E-state index in [2.05, 4.69) is 44.3 Å². The van der Waals surface area contributed by atoms with Gasteiger partial charge in [-0.15, -0.1) is 0 Å². The first-order valence-corrected chi connectivity index (χ1v) is 4.55. The van der Waals surface area contributed by atoms with Gasteiger partial charge < -0.3 is 5.32 Å². The Bertz CT molecular complexity index is 304. The van der Waals surface area contributed by atoms with Gasteiger partial charge in [0.05, 0.1) is 0 Å². The Balaban J connectivity index is 2.48. The molecule has 0 spiro atoms. The van der Waals surface area contributed by atoms with E-state index < -0.39 is 0 Å². The Morgan fingerprint density at radius 3 is 2.75 bits per heavy atom. The lowest BCUT2D eigenvalue weighted by atomic mass is 9.97. The highest BCUT2D eigenvalue weighted by atomic mass is 15.0. The summed E-state index contributed by atoms with van der Waals surface area (Å²) in [7, 11) is 0. The van der Waals surface area contributed by atoms with Crippen LogP contribution in [0.25, 0.3) is 0 Å². The predicted molar refractivity (Wildman–Crippen MR) is 52.7 cm³/mol. The summed E-state index contributed by atoms with van der Waals surface area (Å²) in [5.41, 5.74) is 4.15. The fourth-order valence-corrected chi connectivity index (χ4v) is 1.83. The number of benzene rings is 1. The summed E-state index contributed by atoms with van der Waals surface area (Å²) in [6, 6.07) is 7.22. The van der Waals surface area contributed by atoms with Crippen LogP contribution in [0.2, 0.25) is 0 Å². The van der Waals surface area contributed by atoms with Crippen molar-refractivity contribution in [2.75, 3.05) is 5.32 Å². The number of fused-ring (bicyclic) bond motifs is 1. The smallest absolute Gasteiger partial charge is 0.0378 e. The van der Waals surface area contributed by atoms with Crippen LogP contribution in [0.5, 0.6) is 0 Å². The molecule has 0 aliphatic carbocycles. The molecule has 1 heteroatoms. The maximum absolute atomic E-state index is 3.47. The van der Waals surface area contributed by atoms with E-state index in [-0.39, 0.29) is 0 Å². The molecule has 1 aliphatic rings. The van der Waals surface area contributed by atoms with Gasteiger partial charge in [-0.25, -0.2) is 0 Å². The maximum Gasteiger partial charge on any atom is 0.0378 e. The van der Waals surface area contributed by atoms with E-state index in [9.17, 15) is 0 Å². The molecular formula is C11H15N. The Hall–Kier alpha value is -0.980. The fraction of sp³-hybridized carbons (Fsp3) is 0.455. The van der Waals surface area contributed by atoms with Gasteiger partial charge in [0.15, 0.2) is 0 Å². The van der Waals surface area contributed by atoms with Gasteiger partial charge in [0.1, 0.15) is 0 Å². The third-order valence-electron chi connectivity index (χ3n) is 2.83. The van der Waals surface area contributed by atoms with E-state index in [4.69, 9.17) is 0 Å². The average Bonchev–Trinajstić information content (AvgIpc) is 2.31. The second kappa shape index (κ2) is 2.51. The molecule has 0 saturated carbocycles. The number of aryl methyl sites for hydroxylation is 1. The van der Waals surface area contributed by atoms with Gasteiger partial charge in [-0.05, 0) is 25.5 Å². The SMILES string of the molecule is Cc1ccc2c(c1)[C@H](C)[C@H](C)N2. The Morgan fingerprint density at radius 2 is 2.00 bits per heavy atom. The van der Waals surface area contributed by atoms with Crippen LogP contribution in [0.3, 0.4) is 0 Å². The van der Waals surface area contributed by atoms with Gasteiger partial charge in [-0.3, -0.25) is 0 Å². The van der Waals surface area contributed by atoms with Crippen molar-refractivity contribution in [3.8, 4) is 0 Å². The van der Waals surface area contributed by atoms with Crippen molar-refractivity contribution in [2.45, 2.75) is 32.7 Å². The normalized spacial score (nSPS) is 26.6. The number of hydrogen-bond acceptors (Lipinski definition) is 1. The van der Waals surface area contributed by atoms with Crippen LogP contribution in [0, 0.1) is 6.92 Å². The molecule has 0 unspecified atom stereocenters. The molecule has 1 N–H and O–H groups in total. The number of hydrogen-bond donors (Lipinski definition) is 1. The van der Waals surface area contributed by atoms with Crippen molar-refractivity contribution in [1.29, 1.82) is 0 Å². The monoisotopic (exact) mass is 161 g/mol. The zero-order valence-corrected chi connectivity index (χ0v) is 7.89. The van der Waals surface area contributed by atoms with Gasteiger partial charge in [0.2, 0.25) is 0 Å². The standard InChI is InChI=1S/C11H15N/c1-7-4-5-11-10(6-7)8(2)9(3)12-11/h4-6,8-9,12H,1-3H3/t8-,9+/m1/s1. The summed E-state index contributed by atoms with van der Waals surface area (Å²) in [6.07, 6.45) is 0. The highest BCUT2D eigenvalue weighted by Gasteiger charge is 2.24. The largest absolute Gasteiger partial charge is 0.382 e. The van der Waals surface area contributed by atoms with Gasteiger partial charge in [0.25, 0.3) is 0 Å². The van der Waals surface area contributed by atoms with E-state index in [0.29, 0.717) is 12.0 Å². The Morgan fingerprint density at radius 1 is 1.25 bits per heavy atom. The van der Waals surface area contributed by atoms with E-state index in [0.717, 1.165) is 0 Å². The average molecular weight is 161 g/mol. The molecule has 1 aromatic rings. The zero-order valence-electron chi connectivity index (χ0n) is 7.89. The molecule has 1 nitrogen and oxygen atoms in total. The lowest BCUT2D eigenvalue weighted by molar-refractivity contribution is 0.690. The molecule has 2 atom stereocenters. The Labute approximate surface area is 73.8 Å². The summed E-state index contributed by atoms with van der Waals surface area (Å²) < 4.78 is 0. The van der Waals surface area contributed by atoms with Crippen LogP contribution in [-0.4, -0.2) is 6.04 Å². The van der Waals surface area contributed by atoms with Crippen molar-refractivity contribution in [2.24, 2.45) is 0 Å². The summed E-state index contributed by atoms with van der Waals surface area (Å²) in [5.74, 6) is 0.653. The lowest BCUT2D eigenvalue weighted by Crippen LogP contribution is -2.12. The molecular weight excluding hydrogens is 146 g/mol. The molecule has 12 heavy (non-hydrogen) atoms. The first-order valence-electron chi connectivity index (χ1n) is 4.55. The Kier molecular flexibility index (Phi) is 1.60. The molecule has 64 valence electrons. The first-order chi connectivity index (χ1) is 5.68. The van der Waals surface area contributed by atoms with Crippen LogP contribution in [0.15, 0.2) is 18.2 Å². The second-order valence-electron chi connectivity index (χ2n) is 3.81. The van der Waals surface area contributed by atoms with Crippen LogP contribution < -0.4 is 5.32 Å². The van der Waals surface area contributed by atoms with Crippen LogP contribution in [-0.2, 0) is 0 Å². The van der Waals surface area contributed by atoms with E-state index in [1.54, 1.807) is 0 Å². The summed E-state index contributed by atoms with van der Waals surface area (Å²) in [6.45, 7) is 6.67. The van der Waals surface area contributed by atoms with Gasteiger partial charge in [0, 0.05) is 17.6 Å². The van der Waals surface area contributed by atoms with Crippen LogP contribution in [0.4, 0.5) is 5.69 Å². The van der Waals surface area contributed by atoms with Crippen molar-refractivity contribution < 1.29 is 0 Å². The lowest BCUT2D eigenvalue weighted by Gasteiger charge is -2.08. The second-order valence-corrected chi connectivity index (χ2v) is 3.81. The van der Waals surface area contributed by atoms with Gasteiger partial charge >= 0.3 is 0 Å². The fourth-order valence-electron chi connectivity index (χ4n) is 1.83. The maximum atomic E-state index is 3.47. The zero-order chi connectivity index (χ0) is 8.72. The van der Waals surface area contributed by atoms with Crippen molar-refractivity contribution in [1.82, 2.24) is 0 Å². The molecule has 0 saturated heterocycles. The number of rotatable bonds is 0. The topological polar surface area (TPSA) is 12.0 Å². The molecule has 0 aromatic heterocycles. The quantitative estimate of drug-likeness (QED) is 0.617. The molecule has 1 heterocycles. The molecule has 1 aliphatic heterocycles. The van der Waals surface area contributed by atoms with E-state index in [1.165, 1.54) is 16.8 Å². The predicted octanol–water partition coefficient (Wildman–Crippen LogP) is 2.91. The number of anilines is 1. The minimum atomic E-state index is 0.585. The molecule has 0 amide bonds. The van der Waals surface area contributed by atoms with Crippen molar-refractivity contribution >= 4 is 5.69 Å². The molecule has 0 fully saturated rings. The summed E-state index contributed by atoms with van der Waals surface area (Å²) >= 11 is 0. The van der Waals surface area contributed by atoms with E-state index in [1.807, 2.05) is 0 Å². The van der Waals surface area contributed by atoms with Gasteiger partial charge in [-0.1, -0.05) is 24.6 Å².